The number of aromatic nitrogens is 2. The van der Waals surface area contributed by atoms with Crippen molar-refractivity contribution in [1.29, 1.82) is 0 Å². The Morgan fingerprint density at radius 2 is 2.15 bits per heavy atom. The van der Waals surface area contributed by atoms with Crippen LogP contribution in [0.1, 0.15) is 30.9 Å². The third-order valence-electron chi connectivity index (χ3n) is 2.82. The summed E-state index contributed by atoms with van der Waals surface area (Å²) < 4.78 is 6.30. The van der Waals surface area contributed by atoms with Crippen LogP contribution in [0.4, 0.5) is 0 Å². The van der Waals surface area contributed by atoms with E-state index in [9.17, 15) is 9.59 Å². The molecule has 0 atom stereocenters. The number of carbonyl (C=O) groups is 1. The van der Waals surface area contributed by atoms with Crippen molar-refractivity contribution in [2.45, 2.75) is 26.8 Å². The van der Waals surface area contributed by atoms with E-state index in [1.807, 2.05) is 6.92 Å². The highest BCUT2D eigenvalue weighted by Gasteiger charge is 2.18. The lowest BCUT2D eigenvalue weighted by atomic mass is 10.2. The number of nitrogens with zero attached hydrogens (tertiary/aromatic N) is 2. The summed E-state index contributed by atoms with van der Waals surface area (Å²) in [6.07, 6.45) is 0.708. The lowest BCUT2D eigenvalue weighted by Gasteiger charge is -2.11. The summed E-state index contributed by atoms with van der Waals surface area (Å²) in [7, 11) is 0. The molecule has 1 aromatic carbocycles. The predicted molar refractivity (Wildman–Crippen MR) is 77.3 cm³/mol. The summed E-state index contributed by atoms with van der Waals surface area (Å²) in [5, 5.41) is 0.863. The van der Waals surface area contributed by atoms with Crippen molar-refractivity contribution in [2.24, 2.45) is 0 Å². The maximum atomic E-state index is 12.5. The summed E-state index contributed by atoms with van der Waals surface area (Å²) in [5.41, 5.74) is 0.164. The van der Waals surface area contributed by atoms with Gasteiger partial charge in [0, 0.05) is 11.6 Å². The Labute approximate surface area is 121 Å². The van der Waals surface area contributed by atoms with Gasteiger partial charge in [0.1, 0.15) is 0 Å². The molecule has 0 radical (unpaired) electrons. The van der Waals surface area contributed by atoms with Crippen molar-refractivity contribution in [1.82, 2.24) is 9.55 Å². The van der Waals surface area contributed by atoms with Crippen molar-refractivity contribution < 1.29 is 9.53 Å². The molecule has 0 saturated heterocycles. The highest BCUT2D eigenvalue weighted by atomic mass is 35.5. The number of benzene rings is 1. The van der Waals surface area contributed by atoms with E-state index in [0.29, 0.717) is 28.9 Å². The minimum atomic E-state index is -0.588. The molecule has 0 spiro atoms. The van der Waals surface area contributed by atoms with Crippen LogP contribution in [0.15, 0.2) is 23.0 Å². The Morgan fingerprint density at radius 3 is 2.80 bits per heavy atom. The second-order valence-corrected chi connectivity index (χ2v) is 4.71. The van der Waals surface area contributed by atoms with Gasteiger partial charge in [-0.05, 0) is 31.5 Å². The van der Waals surface area contributed by atoms with Gasteiger partial charge in [-0.3, -0.25) is 9.36 Å². The fourth-order valence-corrected chi connectivity index (χ4v) is 2.15. The van der Waals surface area contributed by atoms with Crippen molar-refractivity contribution in [3.05, 3.63) is 39.4 Å². The average molecular weight is 295 g/mol. The minimum absolute atomic E-state index is 0.0357. The molecule has 0 fully saturated rings. The zero-order valence-corrected chi connectivity index (χ0v) is 12.1. The third kappa shape index (κ3) is 2.67. The van der Waals surface area contributed by atoms with Crippen LogP contribution in [0.3, 0.4) is 0 Å². The molecule has 20 heavy (non-hydrogen) atoms. The molecule has 0 unspecified atom stereocenters. The minimum Gasteiger partial charge on any atom is -0.460 e. The summed E-state index contributed by atoms with van der Waals surface area (Å²) in [6, 6.07) is 4.82. The number of hydrogen-bond acceptors (Lipinski definition) is 4. The largest absolute Gasteiger partial charge is 0.460 e. The number of carbonyl (C=O) groups excluding carboxylic acids is 1. The normalized spacial score (nSPS) is 10.8. The molecule has 0 amide bonds. The molecular weight excluding hydrogens is 280 g/mol. The molecule has 0 aliphatic heterocycles. The van der Waals surface area contributed by atoms with E-state index in [2.05, 4.69) is 4.98 Å². The molecule has 0 bridgehead atoms. The van der Waals surface area contributed by atoms with Gasteiger partial charge in [-0.25, -0.2) is 9.78 Å². The maximum absolute atomic E-state index is 12.5. The first kappa shape index (κ1) is 14.5. The SMILES string of the molecule is CCCn1c(C(=O)OCC)nc2ccc(Cl)cc2c1=O. The first-order valence-electron chi connectivity index (χ1n) is 6.45. The smallest absolute Gasteiger partial charge is 0.374 e. The summed E-state index contributed by atoms with van der Waals surface area (Å²) >= 11 is 5.90. The Morgan fingerprint density at radius 1 is 1.40 bits per heavy atom. The van der Waals surface area contributed by atoms with Crippen LogP contribution in [0.2, 0.25) is 5.02 Å². The van der Waals surface area contributed by atoms with Gasteiger partial charge >= 0.3 is 5.97 Å². The Kier molecular flexibility index (Phi) is 4.39. The summed E-state index contributed by atoms with van der Waals surface area (Å²) in [5.74, 6) is -0.552. The Balaban J connectivity index is 2.73. The van der Waals surface area contributed by atoms with E-state index < -0.39 is 5.97 Å². The zero-order chi connectivity index (χ0) is 14.7. The molecule has 5 nitrogen and oxygen atoms in total. The van der Waals surface area contributed by atoms with Crippen LogP contribution in [0.25, 0.3) is 10.9 Å². The molecular formula is C14H15ClN2O3. The molecule has 0 saturated carbocycles. The van der Waals surface area contributed by atoms with Crippen LogP contribution in [0.5, 0.6) is 0 Å². The number of rotatable bonds is 4. The fourth-order valence-electron chi connectivity index (χ4n) is 1.98. The van der Waals surface area contributed by atoms with E-state index in [1.165, 1.54) is 4.57 Å². The molecule has 2 aromatic rings. The lowest BCUT2D eigenvalue weighted by molar-refractivity contribution is 0.0504. The van der Waals surface area contributed by atoms with Crippen LogP contribution in [-0.4, -0.2) is 22.1 Å². The summed E-state index contributed by atoms with van der Waals surface area (Å²) in [6.45, 7) is 4.27. The maximum Gasteiger partial charge on any atom is 0.374 e. The van der Waals surface area contributed by atoms with Crippen molar-refractivity contribution >= 4 is 28.5 Å². The van der Waals surface area contributed by atoms with Crippen molar-refractivity contribution in [3.63, 3.8) is 0 Å². The van der Waals surface area contributed by atoms with Crippen molar-refractivity contribution in [3.8, 4) is 0 Å². The van der Waals surface area contributed by atoms with Gasteiger partial charge in [-0.1, -0.05) is 18.5 Å². The van der Waals surface area contributed by atoms with Crippen LogP contribution >= 0.6 is 11.6 Å². The fraction of sp³-hybridized carbons (Fsp3) is 0.357. The number of halogens is 1. The standard InChI is InChI=1S/C14H15ClN2O3/c1-3-7-17-12(14(19)20-4-2)16-11-6-5-9(15)8-10(11)13(17)18/h5-6,8H,3-4,7H2,1-2H3. The first-order chi connectivity index (χ1) is 9.58. The van der Waals surface area contributed by atoms with Gasteiger partial charge in [0.25, 0.3) is 5.56 Å². The van der Waals surface area contributed by atoms with Crippen LogP contribution < -0.4 is 5.56 Å². The van der Waals surface area contributed by atoms with Gasteiger partial charge in [0.2, 0.25) is 5.82 Å². The van der Waals surface area contributed by atoms with Gasteiger partial charge in [-0.15, -0.1) is 0 Å². The molecule has 0 N–H and O–H groups in total. The topological polar surface area (TPSA) is 61.2 Å². The molecule has 2 rings (SSSR count). The van der Waals surface area contributed by atoms with Crippen molar-refractivity contribution in [2.75, 3.05) is 6.61 Å². The predicted octanol–water partition coefficient (Wildman–Crippen LogP) is 2.64. The second-order valence-electron chi connectivity index (χ2n) is 4.27. The highest BCUT2D eigenvalue weighted by Crippen LogP contribution is 2.15. The van der Waals surface area contributed by atoms with E-state index in [0.717, 1.165) is 0 Å². The van der Waals surface area contributed by atoms with E-state index >= 15 is 0 Å². The molecule has 1 aromatic heterocycles. The van der Waals surface area contributed by atoms with Gasteiger partial charge in [-0.2, -0.15) is 0 Å². The Hall–Kier alpha value is -1.88. The van der Waals surface area contributed by atoms with E-state index in [4.69, 9.17) is 16.3 Å². The highest BCUT2D eigenvalue weighted by molar-refractivity contribution is 6.31. The number of fused-ring (bicyclic) bond motifs is 1. The average Bonchev–Trinajstić information content (AvgIpc) is 2.42. The van der Waals surface area contributed by atoms with Gasteiger partial charge in [0.05, 0.1) is 17.5 Å². The first-order valence-corrected chi connectivity index (χ1v) is 6.83. The quantitative estimate of drug-likeness (QED) is 0.813. The number of ether oxygens (including phenoxy) is 1. The van der Waals surface area contributed by atoms with E-state index in [1.54, 1.807) is 25.1 Å². The monoisotopic (exact) mass is 294 g/mol. The third-order valence-corrected chi connectivity index (χ3v) is 3.06. The molecule has 0 aliphatic carbocycles. The number of esters is 1. The molecule has 106 valence electrons. The van der Waals surface area contributed by atoms with Crippen LogP contribution in [0, 0.1) is 0 Å². The number of hydrogen-bond donors (Lipinski definition) is 0. The second kappa shape index (κ2) is 6.05. The van der Waals surface area contributed by atoms with E-state index in [-0.39, 0.29) is 18.0 Å². The lowest BCUT2D eigenvalue weighted by Crippen LogP contribution is -2.28. The Bertz CT molecular complexity index is 709. The summed E-state index contributed by atoms with van der Waals surface area (Å²) in [4.78, 5) is 28.6. The van der Waals surface area contributed by atoms with Gasteiger partial charge < -0.3 is 4.74 Å². The molecule has 0 aliphatic rings. The van der Waals surface area contributed by atoms with Gasteiger partial charge in [0.15, 0.2) is 0 Å². The zero-order valence-electron chi connectivity index (χ0n) is 11.4. The van der Waals surface area contributed by atoms with Crippen LogP contribution in [-0.2, 0) is 11.3 Å². The molecule has 6 heteroatoms. The molecule has 1 heterocycles.